The maximum absolute atomic E-state index is 12.6. The van der Waals surface area contributed by atoms with Gasteiger partial charge in [0, 0.05) is 19.6 Å². The van der Waals surface area contributed by atoms with Crippen molar-refractivity contribution >= 4 is 27.3 Å². The summed E-state index contributed by atoms with van der Waals surface area (Å²) in [5, 5.41) is 13.5. The highest BCUT2D eigenvalue weighted by molar-refractivity contribution is 7.91. The van der Waals surface area contributed by atoms with Crippen LogP contribution in [-0.4, -0.2) is 31.7 Å². The van der Waals surface area contributed by atoms with Crippen molar-refractivity contribution in [2.75, 3.05) is 13.1 Å². The largest absolute Gasteiger partial charge is 0.352 e. The van der Waals surface area contributed by atoms with E-state index in [1.54, 1.807) is 35.7 Å². The fraction of sp³-hybridized carbons (Fsp3) is 0.333. The third-order valence-electron chi connectivity index (χ3n) is 4.37. The highest BCUT2D eigenvalue weighted by Crippen LogP contribution is 2.26. The molecule has 1 aliphatic rings. The first kappa shape index (κ1) is 18.6. The van der Waals surface area contributed by atoms with Crippen LogP contribution in [0, 0.1) is 17.2 Å². The zero-order valence-electron chi connectivity index (χ0n) is 14.1. The van der Waals surface area contributed by atoms with Crippen molar-refractivity contribution in [2.24, 2.45) is 5.92 Å². The smallest absolute Gasteiger partial charge is 0.252 e. The highest BCUT2D eigenvalue weighted by atomic mass is 32.2. The van der Waals surface area contributed by atoms with E-state index < -0.39 is 10.0 Å². The van der Waals surface area contributed by atoms with Crippen LogP contribution >= 0.6 is 11.3 Å². The SMILES string of the molecule is N#Cc1cccc(CNC(=O)C2CCCN(S(=O)(=O)c3cccs3)C2)c1. The number of nitrogens with zero attached hydrogens (tertiary/aromatic N) is 2. The summed E-state index contributed by atoms with van der Waals surface area (Å²) in [6.45, 7) is 0.959. The van der Waals surface area contributed by atoms with Gasteiger partial charge in [0.15, 0.2) is 0 Å². The van der Waals surface area contributed by atoms with Crippen molar-refractivity contribution < 1.29 is 13.2 Å². The van der Waals surface area contributed by atoms with Crippen LogP contribution in [0.1, 0.15) is 24.0 Å². The Bertz CT molecular complexity index is 917. The van der Waals surface area contributed by atoms with Gasteiger partial charge in [-0.25, -0.2) is 8.42 Å². The van der Waals surface area contributed by atoms with Gasteiger partial charge < -0.3 is 5.32 Å². The Morgan fingerprint density at radius 2 is 2.19 bits per heavy atom. The summed E-state index contributed by atoms with van der Waals surface area (Å²) in [6, 6.07) is 12.4. The molecule has 0 aliphatic carbocycles. The number of sulfonamides is 1. The first-order chi connectivity index (χ1) is 12.5. The molecular weight excluding hydrogens is 370 g/mol. The van der Waals surface area contributed by atoms with E-state index in [9.17, 15) is 13.2 Å². The molecular formula is C18H19N3O3S2. The predicted octanol–water partition coefficient (Wildman–Crippen LogP) is 2.34. The van der Waals surface area contributed by atoms with E-state index in [-0.39, 0.29) is 18.4 Å². The second-order valence-corrected chi connectivity index (χ2v) is 9.28. The molecule has 0 bridgehead atoms. The van der Waals surface area contributed by atoms with Crippen molar-refractivity contribution in [1.29, 1.82) is 5.26 Å². The van der Waals surface area contributed by atoms with Gasteiger partial charge >= 0.3 is 0 Å². The number of hydrogen-bond donors (Lipinski definition) is 1. The van der Waals surface area contributed by atoms with Gasteiger partial charge in [-0.1, -0.05) is 18.2 Å². The summed E-state index contributed by atoms with van der Waals surface area (Å²) in [5.41, 5.74) is 1.39. The lowest BCUT2D eigenvalue weighted by atomic mass is 9.98. The number of thiophene rings is 1. The Morgan fingerprint density at radius 1 is 1.35 bits per heavy atom. The van der Waals surface area contributed by atoms with Crippen LogP contribution in [0.2, 0.25) is 0 Å². The first-order valence-corrected chi connectivity index (χ1v) is 10.6. The molecule has 1 atom stereocenters. The van der Waals surface area contributed by atoms with Gasteiger partial charge in [0.05, 0.1) is 17.6 Å². The minimum atomic E-state index is -3.53. The number of rotatable bonds is 5. The third kappa shape index (κ3) is 4.12. The molecule has 3 rings (SSSR count). The number of hydrogen-bond acceptors (Lipinski definition) is 5. The number of carbonyl (C=O) groups is 1. The van der Waals surface area contributed by atoms with Crippen LogP contribution in [0.5, 0.6) is 0 Å². The second kappa shape index (κ2) is 7.99. The van der Waals surface area contributed by atoms with Gasteiger partial charge in [-0.3, -0.25) is 4.79 Å². The van der Waals surface area contributed by atoms with E-state index in [1.807, 2.05) is 6.07 Å². The molecule has 1 aliphatic heterocycles. The Balaban J connectivity index is 1.62. The van der Waals surface area contributed by atoms with Crippen LogP contribution in [0.3, 0.4) is 0 Å². The summed E-state index contributed by atoms with van der Waals surface area (Å²) >= 11 is 1.19. The van der Waals surface area contributed by atoms with Gasteiger partial charge in [0.1, 0.15) is 4.21 Å². The molecule has 1 unspecified atom stereocenters. The van der Waals surface area contributed by atoms with Gasteiger partial charge in [-0.05, 0) is 42.0 Å². The normalized spacial score (nSPS) is 18.2. The fourth-order valence-electron chi connectivity index (χ4n) is 3.00. The molecule has 8 heteroatoms. The lowest BCUT2D eigenvalue weighted by Gasteiger charge is -2.30. The van der Waals surface area contributed by atoms with Gasteiger partial charge in [0.2, 0.25) is 5.91 Å². The molecule has 1 amide bonds. The Morgan fingerprint density at radius 3 is 2.92 bits per heavy atom. The second-order valence-electron chi connectivity index (χ2n) is 6.16. The van der Waals surface area contributed by atoms with Gasteiger partial charge in [-0.15, -0.1) is 11.3 Å². The van der Waals surface area contributed by atoms with E-state index in [0.29, 0.717) is 35.7 Å². The summed E-state index contributed by atoms with van der Waals surface area (Å²) in [7, 11) is -3.53. The minimum absolute atomic E-state index is 0.154. The highest BCUT2D eigenvalue weighted by Gasteiger charge is 2.33. The monoisotopic (exact) mass is 389 g/mol. The molecule has 0 saturated carbocycles. The molecule has 0 radical (unpaired) electrons. The average molecular weight is 390 g/mol. The molecule has 0 spiro atoms. The summed E-state index contributed by atoms with van der Waals surface area (Å²) < 4.78 is 27.0. The van der Waals surface area contributed by atoms with Crippen LogP contribution in [0.25, 0.3) is 0 Å². The van der Waals surface area contributed by atoms with Crippen LogP contribution < -0.4 is 5.32 Å². The third-order valence-corrected chi connectivity index (χ3v) is 7.61. The number of nitriles is 1. The molecule has 1 saturated heterocycles. The molecule has 1 fully saturated rings. The number of amides is 1. The van der Waals surface area contributed by atoms with Gasteiger partial charge in [0.25, 0.3) is 10.0 Å². The van der Waals surface area contributed by atoms with Crippen molar-refractivity contribution in [3.8, 4) is 6.07 Å². The van der Waals surface area contributed by atoms with E-state index in [0.717, 1.165) is 5.56 Å². The maximum atomic E-state index is 12.6. The Labute approximate surface area is 157 Å². The molecule has 2 heterocycles. The summed E-state index contributed by atoms with van der Waals surface area (Å²) in [5.74, 6) is -0.518. The molecule has 2 aromatic rings. The quantitative estimate of drug-likeness (QED) is 0.850. The van der Waals surface area contributed by atoms with E-state index in [2.05, 4.69) is 11.4 Å². The van der Waals surface area contributed by atoms with Crippen LogP contribution in [-0.2, 0) is 21.4 Å². The lowest BCUT2D eigenvalue weighted by Crippen LogP contribution is -2.45. The minimum Gasteiger partial charge on any atom is -0.352 e. The van der Waals surface area contributed by atoms with Crippen LogP contribution in [0.15, 0.2) is 46.0 Å². The summed E-state index contributed by atoms with van der Waals surface area (Å²) in [6.07, 6.45) is 1.33. The standard InChI is InChI=1S/C18H19N3O3S2/c19-11-14-4-1-5-15(10-14)12-20-18(22)16-6-2-8-21(13-16)26(23,24)17-7-3-9-25-17/h1,3-5,7,9-10,16H,2,6,8,12-13H2,(H,20,22). The molecule has 1 aromatic carbocycles. The first-order valence-electron chi connectivity index (χ1n) is 8.31. The van der Waals surface area contributed by atoms with E-state index in [4.69, 9.17) is 5.26 Å². The number of benzene rings is 1. The van der Waals surface area contributed by atoms with Crippen molar-refractivity contribution in [3.63, 3.8) is 0 Å². The Kier molecular flexibility index (Phi) is 5.71. The molecule has 6 nitrogen and oxygen atoms in total. The van der Waals surface area contributed by atoms with Crippen molar-refractivity contribution in [2.45, 2.75) is 23.6 Å². The number of nitrogens with one attached hydrogen (secondary N) is 1. The number of piperidine rings is 1. The molecule has 1 aromatic heterocycles. The molecule has 1 N–H and O–H groups in total. The Hall–Kier alpha value is -2.21. The zero-order valence-corrected chi connectivity index (χ0v) is 15.7. The predicted molar refractivity (Wildman–Crippen MR) is 98.8 cm³/mol. The lowest BCUT2D eigenvalue weighted by molar-refractivity contribution is -0.126. The average Bonchev–Trinajstić information content (AvgIpc) is 3.22. The summed E-state index contributed by atoms with van der Waals surface area (Å²) in [4.78, 5) is 12.5. The number of carbonyl (C=O) groups excluding carboxylic acids is 1. The maximum Gasteiger partial charge on any atom is 0.252 e. The van der Waals surface area contributed by atoms with Gasteiger partial charge in [-0.2, -0.15) is 9.57 Å². The van der Waals surface area contributed by atoms with Crippen molar-refractivity contribution in [3.05, 3.63) is 52.9 Å². The molecule has 136 valence electrons. The van der Waals surface area contributed by atoms with E-state index >= 15 is 0 Å². The van der Waals surface area contributed by atoms with Crippen molar-refractivity contribution in [1.82, 2.24) is 9.62 Å². The topological polar surface area (TPSA) is 90.3 Å². The zero-order chi connectivity index (χ0) is 18.6. The fourth-order valence-corrected chi connectivity index (χ4v) is 5.66. The van der Waals surface area contributed by atoms with E-state index in [1.165, 1.54) is 15.6 Å². The van der Waals surface area contributed by atoms with Crippen LogP contribution in [0.4, 0.5) is 0 Å². The molecule has 26 heavy (non-hydrogen) atoms.